The van der Waals surface area contributed by atoms with Crippen LogP contribution >= 0.6 is 27.5 Å². The molecule has 2 aromatic carbocycles. The van der Waals surface area contributed by atoms with Crippen molar-refractivity contribution in [3.63, 3.8) is 0 Å². The molecule has 0 aliphatic carbocycles. The third-order valence-corrected chi connectivity index (χ3v) is 4.13. The first kappa shape index (κ1) is 15.1. The van der Waals surface area contributed by atoms with Gasteiger partial charge in [-0.25, -0.2) is 4.98 Å². The van der Waals surface area contributed by atoms with E-state index in [1.165, 1.54) is 0 Å². The van der Waals surface area contributed by atoms with Gasteiger partial charge in [0, 0.05) is 16.4 Å². The number of benzene rings is 2. The fourth-order valence-corrected chi connectivity index (χ4v) is 2.74. The Morgan fingerprint density at radius 3 is 2.64 bits per heavy atom. The highest BCUT2D eigenvalue weighted by Gasteiger charge is 2.05. The lowest BCUT2D eigenvalue weighted by atomic mass is 10.2. The molecule has 0 aliphatic heterocycles. The van der Waals surface area contributed by atoms with Crippen molar-refractivity contribution in [3.8, 4) is 5.75 Å². The van der Waals surface area contributed by atoms with Crippen LogP contribution in [-0.2, 0) is 6.54 Å². The molecule has 3 rings (SSSR count). The fourth-order valence-electron chi connectivity index (χ4n) is 2.17. The van der Waals surface area contributed by atoms with Crippen molar-refractivity contribution in [3.05, 3.63) is 63.6 Å². The zero-order valence-corrected chi connectivity index (χ0v) is 14.3. The van der Waals surface area contributed by atoms with Crippen molar-refractivity contribution in [1.29, 1.82) is 0 Å². The van der Waals surface area contributed by atoms with Gasteiger partial charge in [-0.3, -0.25) is 0 Å². The number of pyridine rings is 1. The molecule has 0 bridgehead atoms. The minimum absolute atomic E-state index is 0.614. The molecule has 1 aromatic heterocycles. The third kappa shape index (κ3) is 3.34. The molecule has 0 unspecified atom stereocenters. The van der Waals surface area contributed by atoms with Crippen LogP contribution in [0.1, 0.15) is 5.56 Å². The first-order chi connectivity index (χ1) is 10.7. The number of nitrogens with zero attached hydrogens (tertiary/aromatic N) is 1. The lowest BCUT2D eigenvalue weighted by molar-refractivity contribution is 0.414. The fraction of sp³-hybridized carbons (Fsp3) is 0.118. The molecule has 3 aromatic rings. The van der Waals surface area contributed by atoms with Crippen LogP contribution < -0.4 is 10.1 Å². The van der Waals surface area contributed by atoms with Crippen LogP contribution in [0.4, 0.5) is 5.82 Å². The Kier molecular flexibility index (Phi) is 4.50. The van der Waals surface area contributed by atoms with Gasteiger partial charge in [-0.15, -0.1) is 0 Å². The zero-order valence-electron chi connectivity index (χ0n) is 11.9. The Morgan fingerprint density at radius 1 is 1.14 bits per heavy atom. The number of halogens is 2. The van der Waals surface area contributed by atoms with Crippen LogP contribution in [0.2, 0.25) is 5.02 Å². The summed E-state index contributed by atoms with van der Waals surface area (Å²) in [6.07, 6.45) is 0. The summed E-state index contributed by atoms with van der Waals surface area (Å²) in [7, 11) is 1.66. The molecule has 0 spiro atoms. The Balaban J connectivity index is 1.81. The number of nitrogens with one attached hydrogen (secondary N) is 1. The summed E-state index contributed by atoms with van der Waals surface area (Å²) in [6, 6.07) is 15.8. The molecule has 0 fully saturated rings. The predicted octanol–water partition coefficient (Wildman–Crippen LogP) is 5.27. The van der Waals surface area contributed by atoms with Crippen LogP contribution in [0.3, 0.4) is 0 Å². The van der Waals surface area contributed by atoms with E-state index < -0.39 is 0 Å². The van der Waals surface area contributed by atoms with Gasteiger partial charge in [-0.05, 0) is 35.9 Å². The molecule has 112 valence electrons. The maximum atomic E-state index is 6.30. The number of rotatable bonds is 4. The molecular formula is C17H14BrClN2O. The monoisotopic (exact) mass is 376 g/mol. The second-order valence-electron chi connectivity index (χ2n) is 4.86. The average molecular weight is 378 g/mol. The van der Waals surface area contributed by atoms with E-state index in [1.807, 2.05) is 48.5 Å². The smallest absolute Gasteiger partial charge is 0.145 e. The van der Waals surface area contributed by atoms with E-state index in [9.17, 15) is 0 Å². The van der Waals surface area contributed by atoms with Crippen LogP contribution in [0, 0.1) is 0 Å². The summed E-state index contributed by atoms with van der Waals surface area (Å²) < 4.78 is 6.15. The van der Waals surface area contributed by atoms with Crippen LogP contribution in [0.5, 0.6) is 5.75 Å². The van der Waals surface area contributed by atoms with E-state index in [0.717, 1.165) is 26.7 Å². The topological polar surface area (TPSA) is 34.1 Å². The summed E-state index contributed by atoms with van der Waals surface area (Å²) in [5.41, 5.74) is 2.03. The van der Waals surface area contributed by atoms with Crippen LogP contribution in [-0.4, -0.2) is 12.1 Å². The van der Waals surface area contributed by atoms with E-state index >= 15 is 0 Å². The minimum Gasteiger partial charge on any atom is -0.497 e. The van der Waals surface area contributed by atoms with E-state index in [4.69, 9.17) is 16.3 Å². The molecule has 0 saturated heterocycles. The largest absolute Gasteiger partial charge is 0.497 e. The van der Waals surface area contributed by atoms with Crippen molar-refractivity contribution in [2.75, 3.05) is 12.4 Å². The number of anilines is 1. The predicted molar refractivity (Wildman–Crippen MR) is 94.8 cm³/mol. The standard InChI is InChI=1S/C17H14BrClN2O/c1-22-14-6-2-11(3-7-14)10-20-17-15(19)8-12-4-5-13(18)9-16(12)21-17/h2-9H,10H2,1H3,(H,20,21). The summed E-state index contributed by atoms with van der Waals surface area (Å²) in [5.74, 6) is 1.53. The average Bonchev–Trinajstić information content (AvgIpc) is 2.54. The Labute approximate surface area is 142 Å². The highest BCUT2D eigenvalue weighted by Crippen LogP contribution is 2.27. The van der Waals surface area contributed by atoms with Gasteiger partial charge in [0.1, 0.15) is 11.6 Å². The maximum Gasteiger partial charge on any atom is 0.145 e. The summed E-state index contributed by atoms with van der Waals surface area (Å²) in [4.78, 5) is 4.59. The number of hydrogen-bond acceptors (Lipinski definition) is 3. The molecule has 5 heteroatoms. The maximum absolute atomic E-state index is 6.30. The summed E-state index contributed by atoms with van der Waals surface area (Å²) >= 11 is 9.76. The van der Waals surface area contributed by atoms with Gasteiger partial charge in [-0.2, -0.15) is 0 Å². The molecular weight excluding hydrogens is 364 g/mol. The Hall–Kier alpha value is -1.78. The molecule has 0 saturated carbocycles. The molecule has 0 aliphatic rings. The molecule has 1 N–H and O–H groups in total. The molecule has 3 nitrogen and oxygen atoms in total. The van der Waals surface area contributed by atoms with E-state index in [-0.39, 0.29) is 0 Å². The van der Waals surface area contributed by atoms with Gasteiger partial charge in [0.05, 0.1) is 17.6 Å². The molecule has 0 amide bonds. The number of aromatic nitrogens is 1. The van der Waals surface area contributed by atoms with Gasteiger partial charge in [0.15, 0.2) is 0 Å². The summed E-state index contributed by atoms with van der Waals surface area (Å²) in [5, 5.41) is 4.91. The lowest BCUT2D eigenvalue weighted by Crippen LogP contribution is -2.02. The number of fused-ring (bicyclic) bond motifs is 1. The van der Waals surface area contributed by atoms with E-state index in [1.54, 1.807) is 7.11 Å². The van der Waals surface area contributed by atoms with Crippen molar-refractivity contribution in [1.82, 2.24) is 4.98 Å². The molecule has 0 radical (unpaired) electrons. The zero-order chi connectivity index (χ0) is 15.5. The number of ether oxygens (including phenoxy) is 1. The lowest BCUT2D eigenvalue weighted by Gasteiger charge is -2.10. The van der Waals surface area contributed by atoms with E-state index in [2.05, 4.69) is 26.2 Å². The SMILES string of the molecule is COc1ccc(CNc2nc3cc(Br)ccc3cc2Cl)cc1. The molecule has 1 heterocycles. The van der Waals surface area contributed by atoms with Gasteiger partial charge in [-0.1, -0.05) is 45.7 Å². The van der Waals surface area contributed by atoms with E-state index in [0.29, 0.717) is 17.4 Å². The first-order valence-electron chi connectivity index (χ1n) is 6.78. The normalized spacial score (nSPS) is 10.7. The van der Waals surface area contributed by atoms with Gasteiger partial charge in [0.25, 0.3) is 0 Å². The van der Waals surface area contributed by atoms with Gasteiger partial charge < -0.3 is 10.1 Å². The van der Waals surface area contributed by atoms with Crippen LogP contribution in [0.25, 0.3) is 10.9 Å². The van der Waals surface area contributed by atoms with Crippen LogP contribution in [0.15, 0.2) is 53.0 Å². The Morgan fingerprint density at radius 2 is 1.91 bits per heavy atom. The second kappa shape index (κ2) is 6.55. The van der Waals surface area contributed by atoms with Crippen molar-refractivity contribution >= 4 is 44.3 Å². The van der Waals surface area contributed by atoms with Crippen molar-refractivity contribution < 1.29 is 4.74 Å². The van der Waals surface area contributed by atoms with Gasteiger partial charge in [0.2, 0.25) is 0 Å². The highest BCUT2D eigenvalue weighted by atomic mass is 79.9. The minimum atomic E-state index is 0.614. The quantitative estimate of drug-likeness (QED) is 0.672. The number of methoxy groups -OCH3 is 1. The van der Waals surface area contributed by atoms with Crippen molar-refractivity contribution in [2.45, 2.75) is 6.54 Å². The molecule has 22 heavy (non-hydrogen) atoms. The van der Waals surface area contributed by atoms with Gasteiger partial charge >= 0.3 is 0 Å². The third-order valence-electron chi connectivity index (χ3n) is 3.35. The van der Waals surface area contributed by atoms with Crippen molar-refractivity contribution in [2.24, 2.45) is 0 Å². The summed E-state index contributed by atoms with van der Waals surface area (Å²) in [6.45, 7) is 0.649. The Bertz CT molecular complexity index is 806. The highest BCUT2D eigenvalue weighted by molar-refractivity contribution is 9.10. The second-order valence-corrected chi connectivity index (χ2v) is 6.18. The molecule has 0 atom stereocenters. The first-order valence-corrected chi connectivity index (χ1v) is 7.95. The number of hydrogen-bond donors (Lipinski definition) is 1.